The molecule has 3 heteroatoms. The van der Waals surface area contributed by atoms with Gasteiger partial charge < -0.3 is 5.73 Å². The molecule has 2 N–H and O–H groups in total. The SMILES string of the molecule is Cc1nc(C2CC3CCC2C3)nc2c1CC(CN)CC2. The van der Waals surface area contributed by atoms with Gasteiger partial charge in [-0.05, 0) is 75.3 Å². The lowest BCUT2D eigenvalue weighted by atomic mass is 9.84. The van der Waals surface area contributed by atoms with Crippen LogP contribution in [-0.4, -0.2) is 16.5 Å². The Labute approximate surface area is 121 Å². The van der Waals surface area contributed by atoms with Crippen LogP contribution in [0.15, 0.2) is 0 Å². The molecule has 0 aliphatic heterocycles. The van der Waals surface area contributed by atoms with E-state index in [1.807, 2.05) is 0 Å². The topological polar surface area (TPSA) is 51.8 Å². The second kappa shape index (κ2) is 4.80. The second-order valence-electron chi connectivity index (χ2n) is 7.22. The maximum absolute atomic E-state index is 5.84. The summed E-state index contributed by atoms with van der Waals surface area (Å²) in [5, 5.41) is 0. The number of rotatable bonds is 2. The summed E-state index contributed by atoms with van der Waals surface area (Å²) in [6.07, 6.45) is 9.03. The van der Waals surface area contributed by atoms with Crippen molar-refractivity contribution in [1.82, 2.24) is 9.97 Å². The van der Waals surface area contributed by atoms with Crippen molar-refractivity contribution in [2.45, 2.75) is 57.8 Å². The summed E-state index contributed by atoms with van der Waals surface area (Å²) >= 11 is 0. The molecule has 108 valence electrons. The minimum atomic E-state index is 0.637. The van der Waals surface area contributed by atoms with Crippen molar-refractivity contribution in [2.75, 3.05) is 6.54 Å². The molecular weight excluding hydrogens is 246 g/mol. The fourth-order valence-electron chi connectivity index (χ4n) is 4.81. The first-order valence-electron chi connectivity index (χ1n) is 8.31. The normalized spacial score (nSPS) is 35.3. The lowest BCUT2D eigenvalue weighted by Gasteiger charge is -2.26. The van der Waals surface area contributed by atoms with E-state index in [4.69, 9.17) is 15.7 Å². The van der Waals surface area contributed by atoms with Crippen LogP contribution in [-0.2, 0) is 12.8 Å². The quantitative estimate of drug-likeness (QED) is 0.900. The van der Waals surface area contributed by atoms with Crippen molar-refractivity contribution < 1.29 is 0 Å². The zero-order valence-electron chi connectivity index (χ0n) is 12.4. The van der Waals surface area contributed by atoms with Crippen LogP contribution in [0.4, 0.5) is 0 Å². The first-order valence-corrected chi connectivity index (χ1v) is 8.31. The first-order chi connectivity index (χ1) is 9.74. The monoisotopic (exact) mass is 271 g/mol. The van der Waals surface area contributed by atoms with Crippen LogP contribution in [0.3, 0.4) is 0 Å². The van der Waals surface area contributed by atoms with Crippen molar-refractivity contribution in [3.8, 4) is 0 Å². The number of hydrogen-bond acceptors (Lipinski definition) is 3. The highest BCUT2D eigenvalue weighted by atomic mass is 14.9. The molecule has 4 rings (SSSR count). The Morgan fingerprint density at radius 2 is 2.05 bits per heavy atom. The van der Waals surface area contributed by atoms with Gasteiger partial charge in [-0.25, -0.2) is 9.97 Å². The van der Waals surface area contributed by atoms with Crippen molar-refractivity contribution in [3.05, 3.63) is 22.8 Å². The van der Waals surface area contributed by atoms with E-state index in [1.165, 1.54) is 54.9 Å². The fourth-order valence-corrected chi connectivity index (χ4v) is 4.81. The van der Waals surface area contributed by atoms with Crippen LogP contribution in [0.1, 0.15) is 60.8 Å². The highest BCUT2D eigenvalue weighted by Crippen LogP contribution is 2.52. The molecule has 0 amide bonds. The van der Waals surface area contributed by atoms with Crippen LogP contribution in [0, 0.1) is 24.7 Å². The molecule has 4 atom stereocenters. The summed E-state index contributed by atoms with van der Waals surface area (Å²) in [6.45, 7) is 2.98. The standard InChI is InChI=1S/C17H25N3/c1-10-14-8-12(9-18)3-5-16(14)20-17(19-10)15-7-11-2-4-13(15)6-11/h11-13,15H,2-9,18H2,1H3. The highest BCUT2D eigenvalue weighted by Gasteiger charge is 2.42. The maximum Gasteiger partial charge on any atom is 0.132 e. The molecule has 0 aromatic carbocycles. The fraction of sp³-hybridized carbons (Fsp3) is 0.765. The molecule has 3 aliphatic rings. The van der Waals surface area contributed by atoms with Crippen molar-refractivity contribution >= 4 is 0 Å². The molecular formula is C17H25N3. The van der Waals surface area contributed by atoms with Crippen molar-refractivity contribution in [1.29, 1.82) is 0 Å². The van der Waals surface area contributed by atoms with Crippen LogP contribution in [0.2, 0.25) is 0 Å². The lowest BCUT2D eigenvalue weighted by Crippen LogP contribution is -2.25. The minimum Gasteiger partial charge on any atom is -0.330 e. The molecule has 1 aromatic heterocycles. The molecule has 0 radical (unpaired) electrons. The molecule has 3 nitrogen and oxygen atoms in total. The molecule has 2 saturated carbocycles. The largest absolute Gasteiger partial charge is 0.330 e. The van der Waals surface area contributed by atoms with Gasteiger partial charge in [-0.3, -0.25) is 0 Å². The average Bonchev–Trinajstić information content (AvgIpc) is 3.09. The van der Waals surface area contributed by atoms with E-state index in [0.29, 0.717) is 11.8 Å². The molecule has 0 saturated heterocycles. The van der Waals surface area contributed by atoms with Gasteiger partial charge in [0.1, 0.15) is 5.82 Å². The van der Waals surface area contributed by atoms with Gasteiger partial charge >= 0.3 is 0 Å². The Hall–Kier alpha value is -0.960. The number of hydrogen-bond donors (Lipinski definition) is 1. The Bertz CT molecular complexity index is 525. The summed E-state index contributed by atoms with van der Waals surface area (Å²) in [6, 6.07) is 0. The van der Waals surface area contributed by atoms with E-state index in [9.17, 15) is 0 Å². The van der Waals surface area contributed by atoms with Crippen LogP contribution in [0.25, 0.3) is 0 Å². The van der Waals surface area contributed by atoms with Crippen LogP contribution in [0.5, 0.6) is 0 Å². The second-order valence-corrected chi connectivity index (χ2v) is 7.22. The zero-order valence-corrected chi connectivity index (χ0v) is 12.4. The van der Waals surface area contributed by atoms with E-state index in [0.717, 1.165) is 31.2 Å². The average molecular weight is 271 g/mol. The third-order valence-electron chi connectivity index (χ3n) is 6.00. The van der Waals surface area contributed by atoms with Gasteiger partial charge in [0.15, 0.2) is 0 Å². The third kappa shape index (κ3) is 1.98. The van der Waals surface area contributed by atoms with Gasteiger partial charge in [0.05, 0.1) is 0 Å². The maximum atomic E-state index is 5.84. The van der Waals surface area contributed by atoms with Crippen LogP contribution < -0.4 is 5.73 Å². The Kier molecular flexibility index (Phi) is 3.06. The Morgan fingerprint density at radius 3 is 2.75 bits per heavy atom. The number of aryl methyl sites for hydroxylation is 2. The molecule has 20 heavy (non-hydrogen) atoms. The number of nitrogens with zero attached hydrogens (tertiary/aromatic N) is 2. The third-order valence-corrected chi connectivity index (χ3v) is 6.00. The van der Waals surface area contributed by atoms with Gasteiger partial charge in [0.2, 0.25) is 0 Å². The first kappa shape index (κ1) is 12.8. The van der Waals surface area contributed by atoms with Gasteiger partial charge in [-0.2, -0.15) is 0 Å². The van der Waals surface area contributed by atoms with E-state index < -0.39 is 0 Å². The molecule has 1 aromatic rings. The summed E-state index contributed by atoms with van der Waals surface area (Å²) in [5.41, 5.74) is 9.80. The number of fused-ring (bicyclic) bond motifs is 3. The summed E-state index contributed by atoms with van der Waals surface area (Å²) in [7, 11) is 0. The molecule has 2 bridgehead atoms. The molecule has 4 unspecified atom stereocenters. The Morgan fingerprint density at radius 1 is 1.15 bits per heavy atom. The highest BCUT2D eigenvalue weighted by molar-refractivity contribution is 5.29. The zero-order chi connectivity index (χ0) is 13.7. The number of aromatic nitrogens is 2. The summed E-state index contributed by atoms with van der Waals surface area (Å²) in [5.74, 6) is 4.30. The minimum absolute atomic E-state index is 0.637. The van der Waals surface area contributed by atoms with Crippen molar-refractivity contribution in [2.24, 2.45) is 23.5 Å². The van der Waals surface area contributed by atoms with Gasteiger partial charge in [-0.15, -0.1) is 0 Å². The summed E-state index contributed by atoms with van der Waals surface area (Å²) in [4.78, 5) is 9.90. The molecule has 1 heterocycles. The predicted molar refractivity (Wildman–Crippen MR) is 79.5 cm³/mol. The van der Waals surface area contributed by atoms with Crippen LogP contribution >= 0.6 is 0 Å². The smallest absolute Gasteiger partial charge is 0.132 e. The van der Waals surface area contributed by atoms with Gasteiger partial charge in [-0.1, -0.05) is 6.42 Å². The molecule has 3 aliphatic carbocycles. The Balaban J connectivity index is 1.65. The van der Waals surface area contributed by atoms with E-state index in [1.54, 1.807) is 0 Å². The van der Waals surface area contributed by atoms with Gasteiger partial charge in [0.25, 0.3) is 0 Å². The predicted octanol–water partition coefficient (Wildman–Crippen LogP) is 2.75. The summed E-state index contributed by atoms with van der Waals surface area (Å²) < 4.78 is 0. The van der Waals surface area contributed by atoms with E-state index in [2.05, 4.69) is 6.92 Å². The van der Waals surface area contributed by atoms with Gasteiger partial charge in [0, 0.05) is 17.3 Å². The van der Waals surface area contributed by atoms with E-state index >= 15 is 0 Å². The van der Waals surface area contributed by atoms with E-state index in [-0.39, 0.29) is 0 Å². The van der Waals surface area contributed by atoms with Crippen molar-refractivity contribution in [3.63, 3.8) is 0 Å². The lowest BCUT2D eigenvalue weighted by molar-refractivity contribution is 0.399. The molecule has 2 fully saturated rings. The molecule has 0 spiro atoms. The number of nitrogens with two attached hydrogens (primary N) is 1.